The van der Waals surface area contributed by atoms with Crippen molar-refractivity contribution in [2.75, 3.05) is 4.90 Å². The van der Waals surface area contributed by atoms with Gasteiger partial charge in [0.1, 0.15) is 5.82 Å². The molecule has 1 aromatic rings. The molecular weight excluding hydrogens is 264 g/mol. The molecule has 1 fully saturated rings. The van der Waals surface area contributed by atoms with Crippen LogP contribution in [-0.4, -0.2) is 16.8 Å². The smallest absolute Gasteiger partial charge is 0.239 e. The number of carbonyl (C=O) groups is 2. The highest BCUT2D eigenvalue weighted by atomic mass is 35.5. The largest absolute Gasteiger partial charge is 0.274 e. The van der Waals surface area contributed by atoms with E-state index in [9.17, 15) is 9.59 Å². The van der Waals surface area contributed by atoms with Gasteiger partial charge in [-0.2, -0.15) is 0 Å². The third-order valence-electron chi connectivity index (χ3n) is 3.76. The van der Waals surface area contributed by atoms with Crippen molar-refractivity contribution in [2.45, 2.75) is 19.8 Å². The summed E-state index contributed by atoms with van der Waals surface area (Å²) < 4.78 is 0. The first kappa shape index (κ1) is 12.4. The number of nitrogens with zero attached hydrogens (tertiary/aromatic N) is 2. The molecule has 0 aromatic carbocycles. The second kappa shape index (κ2) is 4.46. The number of hydrogen-bond acceptors (Lipinski definition) is 3. The SMILES string of the molecule is CC1=CC[C@H]2C(=O)N(c3ccc(Cl)cn3)C(=O)[C@H]2C1. The predicted octanol–water partition coefficient (Wildman–Crippen LogP) is 2.58. The lowest BCUT2D eigenvalue weighted by Gasteiger charge is -2.18. The highest BCUT2D eigenvalue weighted by Gasteiger charge is 2.49. The van der Waals surface area contributed by atoms with Crippen molar-refractivity contribution < 1.29 is 9.59 Å². The van der Waals surface area contributed by atoms with E-state index < -0.39 is 0 Å². The molecule has 0 saturated carbocycles. The Labute approximate surface area is 116 Å². The van der Waals surface area contributed by atoms with Gasteiger partial charge in [-0.1, -0.05) is 23.3 Å². The summed E-state index contributed by atoms with van der Waals surface area (Å²) in [4.78, 5) is 30.0. The van der Waals surface area contributed by atoms with Crippen LogP contribution in [0.25, 0.3) is 0 Å². The fourth-order valence-electron chi connectivity index (χ4n) is 2.76. The maximum Gasteiger partial charge on any atom is 0.239 e. The summed E-state index contributed by atoms with van der Waals surface area (Å²) in [5.41, 5.74) is 1.17. The molecule has 2 amide bonds. The summed E-state index contributed by atoms with van der Waals surface area (Å²) >= 11 is 5.77. The van der Waals surface area contributed by atoms with E-state index in [0.717, 1.165) is 0 Å². The average Bonchev–Trinajstić information content (AvgIpc) is 2.63. The molecule has 3 rings (SSSR count). The lowest BCUT2D eigenvalue weighted by Crippen LogP contribution is -2.31. The number of anilines is 1. The highest BCUT2D eigenvalue weighted by molar-refractivity contribution is 6.30. The number of halogens is 1. The molecule has 0 spiro atoms. The van der Waals surface area contributed by atoms with Crippen molar-refractivity contribution in [2.24, 2.45) is 11.8 Å². The lowest BCUT2D eigenvalue weighted by atomic mass is 9.82. The molecule has 2 aliphatic rings. The zero-order valence-corrected chi connectivity index (χ0v) is 11.2. The van der Waals surface area contributed by atoms with Crippen LogP contribution in [0.15, 0.2) is 30.0 Å². The van der Waals surface area contributed by atoms with E-state index in [4.69, 9.17) is 11.6 Å². The van der Waals surface area contributed by atoms with Crippen LogP contribution >= 0.6 is 11.6 Å². The number of allylic oxidation sites excluding steroid dienone is 2. The molecule has 0 unspecified atom stereocenters. The molecule has 98 valence electrons. The van der Waals surface area contributed by atoms with Crippen LogP contribution in [0, 0.1) is 11.8 Å². The van der Waals surface area contributed by atoms with Crippen LogP contribution in [0.1, 0.15) is 19.8 Å². The lowest BCUT2D eigenvalue weighted by molar-refractivity contribution is -0.122. The number of pyridine rings is 1. The van der Waals surface area contributed by atoms with Gasteiger partial charge in [-0.3, -0.25) is 9.59 Å². The molecule has 1 aromatic heterocycles. The monoisotopic (exact) mass is 276 g/mol. The van der Waals surface area contributed by atoms with Gasteiger partial charge in [0.05, 0.1) is 16.9 Å². The maximum absolute atomic E-state index is 12.4. The number of rotatable bonds is 1. The standard InChI is InChI=1S/C14H13ClN2O2/c1-8-2-4-10-11(6-8)14(19)17(13(10)18)12-5-3-9(15)7-16-12/h2-3,5,7,10-11H,4,6H2,1H3/t10-,11+/m1/s1. The normalized spacial score (nSPS) is 26.4. The van der Waals surface area contributed by atoms with E-state index in [0.29, 0.717) is 23.7 Å². The number of fused-ring (bicyclic) bond motifs is 1. The third kappa shape index (κ3) is 1.96. The van der Waals surface area contributed by atoms with Gasteiger partial charge >= 0.3 is 0 Å². The van der Waals surface area contributed by atoms with Crippen LogP contribution < -0.4 is 4.90 Å². The van der Waals surface area contributed by atoms with E-state index in [2.05, 4.69) is 4.98 Å². The molecule has 19 heavy (non-hydrogen) atoms. The van der Waals surface area contributed by atoms with Crippen LogP contribution in [0.2, 0.25) is 5.02 Å². The van der Waals surface area contributed by atoms with Crippen molar-refractivity contribution in [1.29, 1.82) is 0 Å². The highest BCUT2D eigenvalue weighted by Crippen LogP contribution is 2.39. The average molecular weight is 277 g/mol. The minimum Gasteiger partial charge on any atom is -0.274 e. The van der Waals surface area contributed by atoms with Gasteiger partial charge in [0.2, 0.25) is 11.8 Å². The molecule has 1 saturated heterocycles. The summed E-state index contributed by atoms with van der Waals surface area (Å²) in [5.74, 6) is -0.374. The molecule has 0 radical (unpaired) electrons. The first-order valence-corrected chi connectivity index (χ1v) is 6.60. The third-order valence-corrected chi connectivity index (χ3v) is 3.99. The van der Waals surface area contributed by atoms with E-state index >= 15 is 0 Å². The van der Waals surface area contributed by atoms with Gasteiger partial charge < -0.3 is 0 Å². The van der Waals surface area contributed by atoms with Crippen LogP contribution in [-0.2, 0) is 9.59 Å². The van der Waals surface area contributed by atoms with E-state index in [1.54, 1.807) is 12.1 Å². The van der Waals surface area contributed by atoms with Crippen molar-refractivity contribution >= 4 is 29.2 Å². The number of aromatic nitrogens is 1. The molecule has 1 aliphatic heterocycles. The van der Waals surface area contributed by atoms with Gasteiger partial charge in [0.15, 0.2) is 0 Å². The van der Waals surface area contributed by atoms with E-state index in [1.165, 1.54) is 16.7 Å². The number of carbonyl (C=O) groups excluding carboxylic acids is 2. The molecule has 1 aliphatic carbocycles. The fraction of sp³-hybridized carbons (Fsp3) is 0.357. The Morgan fingerprint density at radius 1 is 1.26 bits per heavy atom. The first-order chi connectivity index (χ1) is 9.08. The quantitative estimate of drug-likeness (QED) is 0.585. The Morgan fingerprint density at radius 2 is 2.00 bits per heavy atom. The van der Waals surface area contributed by atoms with Crippen molar-refractivity contribution in [3.05, 3.63) is 35.0 Å². The fourth-order valence-corrected chi connectivity index (χ4v) is 2.88. The Balaban J connectivity index is 1.95. The van der Waals surface area contributed by atoms with Crippen LogP contribution in [0.3, 0.4) is 0 Å². The Kier molecular flexibility index (Phi) is 2.90. The zero-order valence-electron chi connectivity index (χ0n) is 10.5. The Morgan fingerprint density at radius 3 is 2.68 bits per heavy atom. The minimum atomic E-state index is -0.228. The summed E-state index contributed by atoms with van der Waals surface area (Å²) in [7, 11) is 0. The second-order valence-corrected chi connectivity index (χ2v) is 5.49. The summed E-state index contributed by atoms with van der Waals surface area (Å²) in [5, 5.41) is 0.484. The summed E-state index contributed by atoms with van der Waals surface area (Å²) in [6, 6.07) is 3.24. The molecular formula is C14H13ClN2O2. The predicted molar refractivity (Wildman–Crippen MR) is 71.7 cm³/mol. The topological polar surface area (TPSA) is 50.3 Å². The molecule has 5 heteroatoms. The number of amides is 2. The summed E-state index contributed by atoms with van der Waals surface area (Å²) in [6.07, 6.45) is 4.80. The van der Waals surface area contributed by atoms with Gasteiger partial charge in [0.25, 0.3) is 0 Å². The van der Waals surface area contributed by atoms with Crippen molar-refractivity contribution in [3.8, 4) is 0 Å². The number of imide groups is 1. The maximum atomic E-state index is 12.4. The molecule has 2 heterocycles. The van der Waals surface area contributed by atoms with Gasteiger partial charge in [-0.15, -0.1) is 0 Å². The van der Waals surface area contributed by atoms with Gasteiger partial charge in [-0.25, -0.2) is 9.88 Å². The van der Waals surface area contributed by atoms with Gasteiger partial charge in [0, 0.05) is 6.20 Å². The molecule has 0 N–H and O–H groups in total. The van der Waals surface area contributed by atoms with Crippen molar-refractivity contribution in [1.82, 2.24) is 4.98 Å². The second-order valence-electron chi connectivity index (χ2n) is 5.05. The van der Waals surface area contributed by atoms with Crippen LogP contribution in [0.4, 0.5) is 5.82 Å². The minimum absolute atomic E-state index is 0.141. The van der Waals surface area contributed by atoms with Crippen LogP contribution in [0.5, 0.6) is 0 Å². The number of hydrogen-bond donors (Lipinski definition) is 0. The zero-order chi connectivity index (χ0) is 13.6. The van der Waals surface area contributed by atoms with E-state index in [1.807, 2.05) is 13.0 Å². The van der Waals surface area contributed by atoms with E-state index in [-0.39, 0.29) is 23.7 Å². The first-order valence-electron chi connectivity index (χ1n) is 6.23. The Hall–Kier alpha value is -1.68. The summed E-state index contributed by atoms with van der Waals surface area (Å²) in [6.45, 7) is 2.00. The van der Waals surface area contributed by atoms with Crippen molar-refractivity contribution in [3.63, 3.8) is 0 Å². The molecule has 0 bridgehead atoms. The molecule has 4 nitrogen and oxygen atoms in total. The molecule has 2 atom stereocenters. The Bertz CT molecular complexity index is 580. The van der Waals surface area contributed by atoms with Gasteiger partial charge in [-0.05, 0) is 31.9 Å².